The number of nitrogens with one attached hydrogen (secondary N) is 1. The number of H-pyrrole nitrogens is 1. The molecule has 21 heavy (non-hydrogen) atoms. The Kier molecular flexibility index (Phi) is 4.08. The monoisotopic (exact) mass is 335 g/mol. The Balaban J connectivity index is 3.04. The molecule has 112 valence electrons. The van der Waals surface area contributed by atoms with Crippen molar-refractivity contribution in [3.8, 4) is 0 Å². The fourth-order valence-electron chi connectivity index (χ4n) is 2.03. The molecule has 0 aliphatic rings. The molecule has 0 fully saturated rings. The van der Waals surface area contributed by atoms with Gasteiger partial charge in [0.25, 0.3) is 0 Å². The molecule has 0 amide bonds. The lowest BCUT2D eigenvalue weighted by molar-refractivity contribution is -0.136. The van der Waals surface area contributed by atoms with E-state index in [1.807, 2.05) is 0 Å². The number of halogens is 4. The van der Waals surface area contributed by atoms with Crippen molar-refractivity contribution < 1.29 is 18.0 Å². The van der Waals surface area contributed by atoms with Crippen LogP contribution in [0.3, 0.4) is 0 Å². The van der Waals surface area contributed by atoms with Crippen LogP contribution in [-0.4, -0.2) is 17.0 Å². The summed E-state index contributed by atoms with van der Waals surface area (Å²) in [6, 6.07) is 1.87. The molecule has 0 saturated carbocycles. The van der Waals surface area contributed by atoms with Crippen LogP contribution in [0.1, 0.15) is 22.8 Å². The summed E-state index contributed by atoms with van der Waals surface area (Å²) in [5.41, 5.74) is -2.32. The van der Waals surface area contributed by atoms with Crippen molar-refractivity contribution in [2.45, 2.75) is 18.1 Å². The largest absolute Gasteiger partial charge is 0.418 e. The molecule has 2 rings (SSSR count). The second-order valence-corrected chi connectivity index (χ2v) is 5.55. The van der Waals surface area contributed by atoms with Crippen LogP contribution >= 0.6 is 23.4 Å². The van der Waals surface area contributed by atoms with Crippen LogP contribution < -0.4 is 5.43 Å². The van der Waals surface area contributed by atoms with Crippen LogP contribution in [-0.2, 0) is 6.18 Å². The number of aromatic amines is 1. The molecule has 0 radical (unpaired) electrons. The van der Waals surface area contributed by atoms with Crippen LogP contribution in [0.5, 0.6) is 0 Å². The quantitative estimate of drug-likeness (QED) is 0.663. The number of carbonyl (C=O) groups excluding carboxylic acids is 1. The topological polar surface area (TPSA) is 49.9 Å². The molecule has 0 aliphatic carbocycles. The van der Waals surface area contributed by atoms with Gasteiger partial charge in [-0.3, -0.25) is 9.59 Å². The first-order chi connectivity index (χ1) is 9.66. The minimum Gasteiger partial charge on any atom is -0.348 e. The van der Waals surface area contributed by atoms with Gasteiger partial charge in [-0.1, -0.05) is 11.6 Å². The van der Waals surface area contributed by atoms with Gasteiger partial charge in [0.05, 0.1) is 21.7 Å². The maximum absolute atomic E-state index is 13.1. The maximum atomic E-state index is 13.1. The molecule has 1 N–H and O–H groups in total. The third-order valence-corrected chi connectivity index (χ3v) is 3.83. The van der Waals surface area contributed by atoms with E-state index >= 15 is 0 Å². The molecule has 0 unspecified atom stereocenters. The summed E-state index contributed by atoms with van der Waals surface area (Å²) in [5.74, 6) is -0.518. The van der Waals surface area contributed by atoms with E-state index in [0.29, 0.717) is 0 Å². The number of thioether (sulfide) groups is 1. The number of aromatic nitrogens is 1. The zero-order valence-electron chi connectivity index (χ0n) is 10.9. The average Bonchev–Trinajstić information content (AvgIpc) is 2.36. The van der Waals surface area contributed by atoms with Gasteiger partial charge in [-0.15, -0.1) is 11.8 Å². The molecule has 8 heteroatoms. The van der Waals surface area contributed by atoms with Gasteiger partial charge < -0.3 is 4.98 Å². The highest BCUT2D eigenvalue weighted by Crippen LogP contribution is 2.36. The zero-order chi connectivity index (χ0) is 15.9. The molecule has 0 spiro atoms. The normalized spacial score (nSPS) is 11.9. The lowest BCUT2D eigenvalue weighted by Gasteiger charge is -2.13. The van der Waals surface area contributed by atoms with Crippen LogP contribution in [0.4, 0.5) is 13.2 Å². The summed E-state index contributed by atoms with van der Waals surface area (Å²) >= 11 is 6.66. The summed E-state index contributed by atoms with van der Waals surface area (Å²) in [6.07, 6.45) is -3.10. The number of carbonyl (C=O) groups is 1. The van der Waals surface area contributed by atoms with Gasteiger partial charge in [-0.25, -0.2) is 0 Å². The van der Waals surface area contributed by atoms with E-state index in [2.05, 4.69) is 4.98 Å². The molecular formula is C13H9ClF3NO2S. The number of benzene rings is 1. The molecule has 1 aromatic carbocycles. The highest BCUT2D eigenvalue weighted by molar-refractivity contribution is 7.98. The fourth-order valence-corrected chi connectivity index (χ4v) is 2.89. The number of fused-ring (bicyclic) bond motifs is 1. The second kappa shape index (κ2) is 5.38. The Labute approximate surface area is 126 Å². The maximum Gasteiger partial charge on any atom is 0.418 e. The number of pyridine rings is 1. The van der Waals surface area contributed by atoms with Crippen molar-refractivity contribution in [1.82, 2.24) is 4.98 Å². The lowest BCUT2D eigenvalue weighted by Crippen LogP contribution is -2.18. The summed E-state index contributed by atoms with van der Waals surface area (Å²) < 4.78 is 39.2. The number of alkyl halides is 3. The van der Waals surface area contributed by atoms with Crippen LogP contribution in [0.15, 0.2) is 22.0 Å². The molecule has 0 atom stereocenters. The van der Waals surface area contributed by atoms with Crippen molar-refractivity contribution in [3.63, 3.8) is 0 Å². The standard InChI is InChI=1S/C13H9ClF3NO2S/c1-5(19)9-11(20)7-3-6(14)4-8(13(15,16)17)10(7)18-12(9)21-2/h3-4H,1-2H3,(H,18,20). The minimum atomic E-state index is -4.67. The molecule has 0 aliphatic heterocycles. The van der Waals surface area contributed by atoms with Crippen molar-refractivity contribution >= 4 is 40.0 Å². The smallest absolute Gasteiger partial charge is 0.348 e. The Bertz CT molecular complexity index is 799. The molecule has 1 aromatic heterocycles. The van der Waals surface area contributed by atoms with E-state index in [0.717, 1.165) is 23.9 Å². The van der Waals surface area contributed by atoms with Gasteiger partial charge in [0.15, 0.2) is 5.78 Å². The third kappa shape index (κ3) is 2.80. The average molecular weight is 336 g/mol. The Morgan fingerprint density at radius 2 is 1.95 bits per heavy atom. The SMILES string of the molecule is CSc1[nH]c2c(C(F)(F)F)cc(Cl)cc2c(=O)c1C(C)=O. The number of Topliss-reactive ketones (excluding diaryl/α,β-unsaturated/α-hetero) is 1. The Hall–Kier alpha value is -1.47. The summed E-state index contributed by atoms with van der Waals surface area (Å²) in [5, 5.41) is -0.364. The summed E-state index contributed by atoms with van der Waals surface area (Å²) in [4.78, 5) is 26.4. The molecule has 3 nitrogen and oxygen atoms in total. The van der Waals surface area contributed by atoms with E-state index in [1.54, 1.807) is 6.26 Å². The van der Waals surface area contributed by atoms with Gasteiger partial charge in [0.2, 0.25) is 5.43 Å². The van der Waals surface area contributed by atoms with Crippen molar-refractivity contribution in [3.05, 3.63) is 38.5 Å². The summed E-state index contributed by atoms with van der Waals surface area (Å²) in [6.45, 7) is 1.19. The van der Waals surface area contributed by atoms with Crippen LogP contribution in [0.2, 0.25) is 5.02 Å². The number of ketones is 1. The predicted octanol–water partition coefficient (Wildman–Crippen LogP) is 4.12. The van der Waals surface area contributed by atoms with E-state index in [4.69, 9.17) is 11.6 Å². The van der Waals surface area contributed by atoms with Crippen molar-refractivity contribution in [2.75, 3.05) is 6.26 Å². The van der Waals surface area contributed by atoms with Gasteiger partial charge in [-0.05, 0) is 25.3 Å². The van der Waals surface area contributed by atoms with Crippen molar-refractivity contribution in [2.24, 2.45) is 0 Å². The highest BCUT2D eigenvalue weighted by Gasteiger charge is 2.34. The second-order valence-electron chi connectivity index (χ2n) is 4.29. The minimum absolute atomic E-state index is 0.104. The highest BCUT2D eigenvalue weighted by atomic mass is 35.5. The molecule has 2 aromatic rings. The van der Waals surface area contributed by atoms with Gasteiger partial charge >= 0.3 is 6.18 Å². The molecule has 0 bridgehead atoms. The Morgan fingerprint density at radius 3 is 2.43 bits per heavy atom. The van der Waals surface area contributed by atoms with E-state index in [1.165, 1.54) is 6.92 Å². The van der Waals surface area contributed by atoms with Crippen molar-refractivity contribution in [1.29, 1.82) is 0 Å². The number of hydrogen-bond donors (Lipinski definition) is 1. The zero-order valence-corrected chi connectivity index (χ0v) is 12.5. The lowest BCUT2D eigenvalue weighted by atomic mass is 10.1. The first-order valence-electron chi connectivity index (χ1n) is 5.68. The van der Waals surface area contributed by atoms with E-state index in [-0.39, 0.29) is 26.5 Å². The number of hydrogen-bond acceptors (Lipinski definition) is 3. The Morgan fingerprint density at radius 1 is 1.33 bits per heavy atom. The summed E-state index contributed by atoms with van der Waals surface area (Å²) in [7, 11) is 0. The van der Waals surface area contributed by atoms with Gasteiger partial charge in [-0.2, -0.15) is 13.2 Å². The van der Waals surface area contributed by atoms with Crippen LogP contribution in [0.25, 0.3) is 10.9 Å². The van der Waals surface area contributed by atoms with E-state index < -0.39 is 23.0 Å². The van der Waals surface area contributed by atoms with Gasteiger partial charge in [0, 0.05) is 10.4 Å². The first-order valence-corrected chi connectivity index (χ1v) is 7.28. The fraction of sp³-hybridized carbons (Fsp3) is 0.231. The van der Waals surface area contributed by atoms with Crippen LogP contribution in [0, 0.1) is 0 Å². The van der Waals surface area contributed by atoms with Gasteiger partial charge in [0.1, 0.15) is 0 Å². The van der Waals surface area contributed by atoms with E-state index in [9.17, 15) is 22.8 Å². The molecular weight excluding hydrogens is 327 g/mol. The number of rotatable bonds is 2. The molecule has 0 saturated heterocycles. The first kappa shape index (κ1) is 15.9. The third-order valence-electron chi connectivity index (χ3n) is 2.90. The molecule has 1 heterocycles. The predicted molar refractivity (Wildman–Crippen MR) is 76.4 cm³/mol.